The van der Waals surface area contributed by atoms with Crippen LogP contribution in [0.4, 0.5) is 0 Å². The maximum atomic E-state index is 11.6. The smallest absolute Gasteiger partial charge is 0.305 e. The first-order valence-corrected chi connectivity index (χ1v) is 6.28. The van der Waals surface area contributed by atoms with Crippen LogP contribution < -0.4 is 11.1 Å². The Labute approximate surface area is 113 Å². The number of hydrogen-bond donors (Lipinski definition) is 2. The van der Waals surface area contributed by atoms with E-state index < -0.39 is 0 Å². The third kappa shape index (κ3) is 5.52. The van der Waals surface area contributed by atoms with Crippen molar-refractivity contribution in [3.8, 4) is 0 Å². The molecular formula is C14H20N2O3. The van der Waals surface area contributed by atoms with Crippen molar-refractivity contribution < 1.29 is 14.3 Å². The molecule has 104 valence electrons. The van der Waals surface area contributed by atoms with Gasteiger partial charge in [-0.15, -0.1) is 0 Å². The highest BCUT2D eigenvalue weighted by Crippen LogP contribution is 2.18. The van der Waals surface area contributed by atoms with E-state index in [4.69, 9.17) is 5.73 Å². The van der Waals surface area contributed by atoms with E-state index in [0.717, 1.165) is 5.56 Å². The first-order chi connectivity index (χ1) is 9.17. The zero-order valence-electron chi connectivity index (χ0n) is 11.1. The molecule has 0 bridgehead atoms. The van der Waals surface area contributed by atoms with Gasteiger partial charge in [0.05, 0.1) is 13.2 Å². The molecule has 0 aliphatic heterocycles. The third-order valence-electron chi connectivity index (χ3n) is 2.77. The molecule has 1 amide bonds. The molecule has 0 saturated heterocycles. The topological polar surface area (TPSA) is 81.4 Å². The Bertz CT molecular complexity index is 406. The lowest BCUT2D eigenvalue weighted by atomic mass is 10.0. The molecule has 0 spiro atoms. The molecule has 5 heteroatoms. The van der Waals surface area contributed by atoms with Gasteiger partial charge in [0.15, 0.2) is 0 Å². The summed E-state index contributed by atoms with van der Waals surface area (Å²) in [5.41, 5.74) is 6.32. The van der Waals surface area contributed by atoms with Gasteiger partial charge < -0.3 is 15.8 Å². The summed E-state index contributed by atoms with van der Waals surface area (Å²) < 4.78 is 4.62. The molecule has 5 nitrogen and oxygen atoms in total. The average molecular weight is 264 g/mol. The van der Waals surface area contributed by atoms with Crippen LogP contribution in [0.3, 0.4) is 0 Å². The monoisotopic (exact) mass is 264 g/mol. The maximum absolute atomic E-state index is 11.6. The van der Waals surface area contributed by atoms with Crippen LogP contribution in [0, 0.1) is 0 Å². The van der Waals surface area contributed by atoms with Gasteiger partial charge in [-0.05, 0) is 12.0 Å². The predicted molar refractivity (Wildman–Crippen MR) is 72.2 cm³/mol. The van der Waals surface area contributed by atoms with Gasteiger partial charge in [0.25, 0.3) is 0 Å². The van der Waals surface area contributed by atoms with Crippen LogP contribution in [0.2, 0.25) is 0 Å². The molecule has 0 aromatic heterocycles. The third-order valence-corrected chi connectivity index (χ3v) is 2.77. The molecule has 0 saturated carbocycles. The Morgan fingerprint density at radius 2 is 1.95 bits per heavy atom. The quantitative estimate of drug-likeness (QED) is 0.724. The van der Waals surface area contributed by atoms with E-state index in [9.17, 15) is 9.59 Å². The second-order valence-electron chi connectivity index (χ2n) is 4.18. The lowest BCUT2D eigenvalue weighted by Crippen LogP contribution is -2.30. The van der Waals surface area contributed by atoms with Gasteiger partial charge in [0.2, 0.25) is 5.91 Å². The van der Waals surface area contributed by atoms with E-state index in [1.165, 1.54) is 7.11 Å². The zero-order chi connectivity index (χ0) is 14.1. The molecule has 1 aromatic rings. The van der Waals surface area contributed by atoms with Gasteiger partial charge in [0, 0.05) is 19.4 Å². The van der Waals surface area contributed by atoms with Crippen LogP contribution in [-0.2, 0) is 14.3 Å². The van der Waals surface area contributed by atoms with E-state index >= 15 is 0 Å². The number of ether oxygens (including phenoxy) is 1. The minimum Gasteiger partial charge on any atom is -0.469 e. The molecular weight excluding hydrogens is 244 g/mol. The number of methoxy groups -OCH3 is 1. The fourth-order valence-electron chi connectivity index (χ4n) is 1.77. The highest BCUT2D eigenvalue weighted by Gasteiger charge is 2.15. The van der Waals surface area contributed by atoms with Crippen LogP contribution in [0.15, 0.2) is 30.3 Å². The molecule has 0 radical (unpaired) electrons. The summed E-state index contributed by atoms with van der Waals surface area (Å²) in [5, 5.41) is 2.89. The molecule has 1 unspecified atom stereocenters. The first-order valence-electron chi connectivity index (χ1n) is 6.28. The summed E-state index contributed by atoms with van der Waals surface area (Å²) >= 11 is 0. The van der Waals surface area contributed by atoms with Crippen molar-refractivity contribution in [2.75, 3.05) is 13.7 Å². The number of esters is 1. The molecule has 1 atom stereocenters. The second-order valence-corrected chi connectivity index (χ2v) is 4.18. The number of rotatable bonds is 7. The van der Waals surface area contributed by atoms with E-state index in [-0.39, 0.29) is 30.8 Å². The molecule has 1 aromatic carbocycles. The zero-order valence-corrected chi connectivity index (χ0v) is 11.1. The highest BCUT2D eigenvalue weighted by atomic mass is 16.5. The molecule has 0 heterocycles. The fourth-order valence-corrected chi connectivity index (χ4v) is 1.77. The Balaban J connectivity index is 2.68. The van der Waals surface area contributed by atoms with Crippen molar-refractivity contribution in [2.45, 2.75) is 25.3 Å². The summed E-state index contributed by atoms with van der Waals surface area (Å²) in [6.07, 6.45) is 1.05. The minimum atomic E-state index is -0.283. The van der Waals surface area contributed by atoms with Crippen LogP contribution in [0.25, 0.3) is 0 Å². The maximum Gasteiger partial charge on any atom is 0.305 e. The average Bonchev–Trinajstić information content (AvgIpc) is 2.44. The minimum absolute atomic E-state index is 0.110. The summed E-state index contributed by atoms with van der Waals surface area (Å²) in [5.74, 6) is -0.393. The van der Waals surface area contributed by atoms with Gasteiger partial charge >= 0.3 is 5.97 Å². The molecule has 0 aliphatic rings. The lowest BCUT2D eigenvalue weighted by molar-refractivity contribution is -0.141. The van der Waals surface area contributed by atoms with Crippen molar-refractivity contribution in [3.05, 3.63) is 35.9 Å². The van der Waals surface area contributed by atoms with Crippen LogP contribution in [0.5, 0.6) is 0 Å². The van der Waals surface area contributed by atoms with Gasteiger partial charge in [-0.25, -0.2) is 0 Å². The van der Waals surface area contributed by atoms with Crippen molar-refractivity contribution in [1.82, 2.24) is 5.32 Å². The van der Waals surface area contributed by atoms with Crippen LogP contribution in [0.1, 0.15) is 30.9 Å². The van der Waals surface area contributed by atoms with Gasteiger partial charge in [0.1, 0.15) is 0 Å². The number of nitrogens with one attached hydrogen (secondary N) is 1. The largest absolute Gasteiger partial charge is 0.469 e. The van der Waals surface area contributed by atoms with Gasteiger partial charge in [-0.3, -0.25) is 9.59 Å². The number of carbonyl (C=O) groups excluding carboxylic acids is 2. The number of hydrogen-bond acceptors (Lipinski definition) is 4. The molecule has 3 N–H and O–H groups in total. The Kier molecular flexibility index (Phi) is 6.60. The molecule has 0 fully saturated rings. The van der Waals surface area contributed by atoms with E-state index in [1.54, 1.807) is 0 Å². The SMILES string of the molecule is COC(=O)CCC(NC(=O)CCN)c1ccccc1. The van der Waals surface area contributed by atoms with Crippen LogP contribution >= 0.6 is 0 Å². The molecule has 0 aliphatic carbocycles. The van der Waals surface area contributed by atoms with Gasteiger partial charge in [-0.1, -0.05) is 30.3 Å². The van der Waals surface area contributed by atoms with Crippen molar-refractivity contribution in [1.29, 1.82) is 0 Å². The standard InChI is InChI=1S/C14H20N2O3/c1-19-14(18)8-7-12(16-13(17)9-10-15)11-5-3-2-4-6-11/h2-6,12H,7-10,15H2,1H3,(H,16,17). The molecule has 1 rings (SSSR count). The van der Waals surface area contributed by atoms with Crippen molar-refractivity contribution in [3.63, 3.8) is 0 Å². The van der Waals surface area contributed by atoms with E-state index in [0.29, 0.717) is 13.0 Å². The summed E-state index contributed by atoms with van der Waals surface area (Å²) in [4.78, 5) is 22.8. The summed E-state index contributed by atoms with van der Waals surface area (Å²) in [6, 6.07) is 9.35. The number of benzene rings is 1. The Morgan fingerprint density at radius 1 is 1.26 bits per heavy atom. The molecule has 19 heavy (non-hydrogen) atoms. The highest BCUT2D eigenvalue weighted by molar-refractivity contribution is 5.76. The van der Waals surface area contributed by atoms with Gasteiger partial charge in [-0.2, -0.15) is 0 Å². The van der Waals surface area contributed by atoms with Crippen LogP contribution in [-0.4, -0.2) is 25.5 Å². The summed E-state index contributed by atoms with van der Waals surface area (Å²) in [6.45, 7) is 0.310. The number of amides is 1. The fraction of sp³-hybridized carbons (Fsp3) is 0.429. The lowest BCUT2D eigenvalue weighted by Gasteiger charge is -2.18. The predicted octanol–water partition coefficient (Wildman–Crippen LogP) is 1.15. The number of nitrogens with two attached hydrogens (primary N) is 1. The Hall–Kier alpha value is -1.88. The van der Waals surface area contributed by atoms with E-state index in [2.05, 4.69) is 10.1 Å². The normalized spacial score (nSPS) is 11.7. The van der Waals surface area contributed by atoms with Crippen molar-refractivity contribution in [2.24, 2.45) is 5.73 Å². The second kappa shape index (κ2) is 8.26. The number of carbonyl (C=O) groups is 2. The van der Waals surface area contributed by atoms with E-state index in [1.807, 2.05) is 30.3 Å². The first kappa shape index (κ1) is 15.2. The Morgan fingerprint density at radius 3 is 2.53 bits per heavy atom. The van der Waals surface area contributed by atoms with Crippen molar-refractivity contribution >= 4 is 11.9 Å². The summed E-state index contributed by atoms with van der Waals surface area (Å²) in [7, 11) is 1.35.